The molecule has 6 nitrogen and oxygen atoms in total. The van der Waals surface area contributed by atoms with Crippen LogP contribution in [0.1, 0.15) is 0 Å². The molecule has 7 heteroatoms. The van der Waals surface area contributed by atoms with Gasteiger partial charge in [0.05, 0.1) is 5.70 Å². The maximum Gasteiger partial charge on any atom is 0.227 e. The zero-order chi connectivity index (χ0) is 11.6. The van der Waals surface area contributed by atoms with Gasteiger partial charge in [0.1, 0.15) is 11.4 Å². The molecule has 0 amide bonds. The highest BCUT2D eigenvalue weighted by Crippen LogP contribution is 2.33. The molecule has 3 N–H and O–H groups in total. The second kappa shape index (κ2) is 4.54. The number of Topliss-reactive ketones (excluding diaryl/α,β-unsaturated/α-hetero) is 1. The normalized spacial score (nSPS) is 23.8. The van der Waals surface area contributed by atoms with Crippen molar-refractivity contribution in [2.24, 2.45) is 0 Å². The maximum atomic E-state index is 12.4. The molecule has 0 aromatic heterocycles. The van der Waals surface area contributed by atoms with Gasteiger partial charge in [-0.3, -0.25) is 9.59 Å². The molecule has 4 rings (SSSR count). The molecule has 1 aliphatic carbocycles. The topological polar surface area (TPSA) is 78.2 Å². The summed E-state index contributed by atoms with van der Waals surface area (Å²) in [6.07, 6.45) is 1.52. The molecule has 3 aliphatic heterocycles. The average Bonchev–Trinajstić information content (AvgIpc) is 3.13. The lowest BCUT2D eigenvalue weighted by atomic mass is 10.0. The highest BCUT2D eigenvalue weighted by molar-refractivity contribution is 6.22. The Balaban J connectivity index is 0.000000667. The maximum absolute atomic E-state index is 12.4. The van der Waals surface area contributed by atoms with Crippen molar-refractivity contribution in [2.45, 2.75) is 0 Å². The quantitative estimate of drug-likeness (QED) is 0.569. The van der Waals surface area contributed by atoms with Gasteiger partial charge in [-0.2, -0.15) is 0 Å². The van der Waals surface area contributed by atoms with E-state index in [4.69, 9.17) is 0 Å². The van der Waals surface area contributed by atoms with Crippen molar-refractivity contribution in [3.05, 3.63) is 23.2 Å². The van der Waals surface area contributed by atoms with Crippen LogP contribution < -0.4 is 6.15 Å². The number of nitrogens with zero attached hydrogens (tertiary/aromatic N) is 3. The number of carbonyl (C=O) groups excluding carboxylic acids is 2. The molecule has 0 unspecified atom stereocenters. The van der Waals surface area contributed by atoms with E-state index in [1.807, 2.05) is 14.7 Å². The molecule has 104 valence electrons. The third kappa shape index (κ3) is 2.21. The molecule has 3 saturated heterocycles. The minimum Gasteiger partial charge on any atom is -0.365 e. The van der Waals surface area contributed by atoms with Gasteiger partial charge in [-0.25, -0.2) is 0 Å². The molecule has 19 heavy (non-hydrogen) atoms. The van der Waals surface area contributed by atoms with Gasteiger partial charge in [0.25, 0.3) is 0 Å². The predicted octanol–water partition coefficient (Wildman–Crippen LogP) is -0.236. The van der Waals surface area contributed by atoms with Crippen LogP contribution >= 0.6 is 12.4 Å². The lowest BCUT2D eigenvalue weighted by Gasteiger charge is -2.21. The molecule has 0 aromatic rings. The lowest BCUT2D eigenvalue weighted by molar-refractivity contribution is -0.117. The van der Waals surface area contributed by atoms with E-state index in [2.05, 4.69) is 0 Å². The fourth-order valence-electron chi connectivity index (χ4n) is 2.28. The highest BCUT2D eigenvalue weighted by atomic mass is 35.5. The zero-order valence-electron chi connectivity index (χ0n) is 10.6. The zero-order valence-corrected chi connectivity index (χ0v) is 11.4. The Labute approximate surface area is 117 Å². The van der Waals surface area contributed by atoms with Crippen molar-refractivity contribution in [2.75, 3.05) is 39.3 Å². The number of hydrogen-bond acceptors (Lipinski definition) is 6. The summed E-state index contributed by atoms with van der Waals surface area (Å²) in [4.78, 5) is 30.5. The molecule has 3 fully saturated rings. The summed E-state index contributed by atoms with van der Waals surface area (Å²) >= 11 is 0. The third-order valence-electron chi connectivity index (χ3n) is 3.49. The molecule has 0 saturated carbocycles. The third-order valence-corrected chi connectivity index (χ3v) is 3.49. The van der Waals surface area contributed by atoms with Crippen molar-refractivity contribution >= 4 is 24.0 Å². The van der Waals surface area contributed by atoms with Gasteiger partial charge in [-0.15, -0.1) is 12.4 Å². The monoisotopic (exact) mass is 284 g/mol. The fourth-order valence-corrected chi connectivity index (χ4v) is 2.28. The molecule has 4 aliphatic rings. The van der Waals surface area contributed by atoms with Crippen LogP contribution in [0, 0.1) is 0 Å². The number of halogens is 1. The van der Waals surface area contributed by atoms with Gasteiger partial charge >= 0.3 is 0 Å². The summed E-state index contributed by atoms with van der Waals surface area (Å²) in [5.74, 6) is 0.0485. The Morgan fingerprint density at radius 3 is 1.74 bits per heavy atom. The second-order valence-corrected chi connectivity index (χ2v) is 4.88. The number of ketones is 2. The number of hydrogen-bond donors (Lipinski definition) is 1. The van der Waals surface area contributed by atoms with E-state index in [1.54, 1.807) is 0 Å². The van der Waals surface area contributed by atoms with Crippen LogP contribution in [0.2, 0.25) is 0 Å². The molecular weight excluding hydrogens is 268 g/mol. The first kappa shape index (κ1) is 13.9. The number of allylic oxidation sites excluding steroid dienone is 1. The van der Waals surface area contributed by atoms with Crippen molar-refractivity contribution < 1.29 is 9.59 Å². The molecule has 0 aromatic carbocycles. The first-order valence-corrected chi connectivity index (χ1v) is 6.05. The van der Waals surface area contributed by atoms with E-state index in [0.717, 1.165) is 39.3 Å². The summed E-state index contributed by atoms with van der Waals surface area (Å²) in [7, 11) is 0. The first-order valence-electron chi connectivity index (χ1n) is 6.05. The van der Waals surface area contributed by atoms with Crippen molar-refractivity contribution in [3.8, 4) is 0 Å². The van der Waals surface area contributed by atoms with Crippen molar-refractivity contribution in [1.82, 2.24) is 20.9 Å². The van der Waals surface area contributed by atoms with Gasteiger partial charge in [0, 0.05) is 45.3 Å². The SMILES string of the molecule is Cl.N.O=C1C=C(N2CC2)C(=O)C(N2CC2)=C1N1CC1. The van der Waals surface area contributed by atoms with Gasteiger partial charge in [0.2, 0.25) is 11.6 Å². The molecule has 0 atom stereocenters. The summed E-state index contributed by atoms with van der Waals surface area (Å²) in [6.45, 7) is 5.41. The van der Waals surface area contributed by atoms with E-state index >= 15 is 0 Å². The summed E-state index contributed by atoms with van der Waals surface area (Å²) in [6, 6.07) is 0. The van der Waals surface area contributed by atoms with E-state index in [9.17, 15) is 9.59 Å². The Bertz CT molecular complexity index is 502. The Morgan fingerprint density at radius 1 is 0.789 bits per heavy atom. The summed E-state index contributed by atoms with van der Waals surface area (Å²) < 4.78 is 0. The molecule has 0 bridgehead atoms. The van der Waals surface area contributed by atoms with Gasteiger partial charge < -0.3 is 20.9 Å². The van der Waals surface area contributed by atoms with Gasteiger partial charge in [-0.05, 0) is 0 Å². The summed E-state index contributed by atoms with van der Waals surface area (Å²) in [5.41, 5.74) is 1.89. The molecule has 3 heterocycles. The Hall–Kier alpha value is -1.53. The van der Waals surface area contributed by atoms with Crippen LogP contribution in [-0.4, -0.2) is 65.5 Å². The number of carbonyl (C=O) groups is 2. The standard InChI is InChI=1S/C12H13N3O2.ClH.H3N/c16-9-7-8(13-1-2-13)12(17)11(15-5-6-15)10(9)14-3-4-14;;/h7H,1-6H2;1H;1H3. The first-order chi connectivity index (χ1) is 8.25. The lowest BCUT2D eigenvalue weighted by Crippen LogP contribution is -2.29. The largest absolute Gasteiger partial charge is 0.365 e. The smallest absolute Gasteiger partial charge is 0.227 e. The molecule has 0 spiro atoms. The van der Waals surface area contributed by atoms with E-state index in [0.29, 0.717) is 17.1 Å². The van der Waals surface area contributed by atoms with E-state index in [-0.39, 0.29) is 30.1 Å². The fraction of sp³-hybridized carbons (Fsp3) is 0.500. The van der Waals surface area contributed by atoms with Crippen LogP contribution in [0.4, 0.5) is 0 Å². The average molecular weight is 285 g/mol. The Kier molecular flexibility index (Phi) is 3.32. The highest BCUT2D eigenvalue weighted by Gasteiger charge is 2.43. The van der Waals surface area contributed by atoms with Crippen LogP contribution in [0.25, 0.3) is 0 Å². The van der Waals surface area contributed by atoms with Gasteiger partial charge in [0.15, 0.2) is 0 Å². The molecular formula is C12H17ClN4O2. The van der Waals surface area contributed by atoms with E-state index < -0.39 is 0 Å². The van der Waals surface area contributed by atoms with Crippen molar-refractivity contribution in [1.29, 1.82) is 0 Å². The van der Waals surface area contributed by atoms with Gasteiger partial charge in [-0.1, -0.05) is 0 Å². The minimum atomic E-state index is 0. The van der Waals surface area contributed by atoms with Crippen LogP contribution in [0.5, 0.6) is 0 Å². The molecule has 0 radical (unpaired) electrons. The van der Waals surface area contributed by atoms with Crippen LogP contribution in [0.3, 0.4) is 0 Å². The number of rotatable bonds is 3. The van der Waals surface area contributed by atoms with Crippen LogP contribution in [-0.2, 0) is 9.59 Å². The van der Waals surface area contributed by atoms with Crippen LogP contribution in [0.15, 0.2) is 23.2 Å². The second-order valence-electron chi connectivity index (χ2n) is 4.88. The Morgan fingerprint density at radius 2 is 1.26 bits per heavy atom. The minimum absolute atomic E-state index is 0. The predicted molar refractivity (Wildman–Crippen MR) is 72.1 cm³/mol. The van der Waals surface area contributed by atoms with Crippen molar-refractivity contribution in [3.63, 3.8) is 0 Å². The summed E-state index contributed by atoms with van der Waals surface area (Å²) in [5, 5.41) is 0. The van der Waals surface area contributed by atoms with E-state index in [1.165, 1.54) is 6.08 Å².